The van der Waals surface area contributed by atoms with Crippen LogP contribution in [0.15, 0.2) is 24.5 Å². The number of halogens is 1. The summed E-state index contributed by atoms with van der Waals surface area (Å²) in [7, 11) is 0. The van der Waals surface area contributed by atoms with E-state index in [1.54, 1.807) is 24.0 Å². The molecule has 0 bridgehead atoms. The number of carbonyl (C=O) groups is 1. The predicted octanol–water partition coefficient (Wildman–Crippen LogP) is 1.15. The monoisotopic (exact) mass is 254 g/mol. The highest BCUT2D eigenvalue weighted by molar-refractivity contribution is 5.86. The Bertz CT molecular complexity index is 512. The molecule has 0 aliphatic carbocycles. The summed E-state index contributed by atoms with van der Waals surface area (Å²) in [6.07, 6.45) is 3.36. The maximum atomic E-state index is 10.8. The van der Waals surface area contributed by atoms with Gasteiger partial charge in [-0.2, -0.15) is 0 Å². The number of aromatic nitrogens is 4. The number of pyridine rings is 1. The van der Waals surface area contributed by atoms with Crippen LogP contribution in [0.2, 0.25) is 0 Å². The molecule has 0 aromatic carbocycles. The standard InChI is InChI=1S/C10H10N4O2.ClH/c1-7-9(10(15)16)12-13-14(7)6-8-2-4-11-5-3-8;/h2-5H,6H2,1H3,(H,15,16);1H. The SMILES string of the molecule is Cc1c(C(=O)O)nnn1Cc1ccncc1.Cl. The van der Waals surface area contributed by atoms with Crippen molar-refractivity contribution in [2.45, 2.75) is 13.5 Å². The van der Waals surface area contributed by atoms with Crippen LogP contribution in [0.1, 0.15) is 21.7 Å². The van der Waals surface area contributed by atoms with Crippen LogP contribution in [0.3, 0.4) is 0 Å². The smallest absolute Gasteiger partial charge is 0.358 e. The second kappa shape index (κ2) is 5.40. The van der Waals surface area contributed by atoms with Crippen molar-refractivity contribution in [3.05, 3.63) is 41.5 Å². The Hall–Kier alpha value is -1.95. The molecule has 0 spiro atoms. The van der Waals surface area contributed by atoms with Gasteiger partial charge in [-0.25, -0.2) is 9.48 Å². The highest BCUT2D eigenvalue weighted by atomic mass is 35.5. The Morgan fingerprint density at radius 3 is 2.59 bits per heavy atom. The summed E-state index contributed by atoms with van der Waals surface area (Å²) < 4.78 is 1.55. The topological polar surface area (TPSA) is 80.9 Å². The molecule has 1 N–H and O–H groups in total. The van der Waals surface area contributed by atoms with Gasteiger partial charge in [0.25, 0.3) is 0 Å². The van der Waals surface area contributed by atoms with Gasteiger partial charge in [0.15, 0.2) is 5.69 Å². The quantitative estimate of drug-likeness (QED) is 0.889. The number of carboxylic acid groups (broad SMARTS) is 1. The average Bonchev–Trinajstić information content (AvgIpc) is 2.62. The van der Waals surface area contributed by atoms with E-state index in [0.29, 0.717) is 12.2 Å². The molecule has 0 saturated carbocycles. The van der Waals surface area contributed by atoms with E-state index in [1.165, 1.54) is 0 Å². The Labute approximate surface area is 104 Å². The number of aromatic carboxylic acids is 1. The van der Waals surface area contributed by atoms with Crippen molar-refractivity contribution in [2.24, 2.45) is 0 Å². The normalized spacial score (nSPS) is 9.71. The number of carboxylic acids is 1. The van der Waals surface area contributed by atoms with E-state index in [0.717, 1.165) is 5.56 Å². The minimum absolute atomic E-state index is 0. The summed E-state index contributed by atoms with van der Waals surface area (Å²) in [4.78, 5) is 14.7. The van der Waals surface area contributed by atoms with E-state index in [9.17, 15) is 4.79 Å². The number of nitrogens with zero attached hydrogens (tertiary/aromatic N) is 4. The zero-order chi connectivity index (χ0) is 11.5. The molecule has 0 fully saturated rings. The lowest BCUT2D eigenvalue weighted by Crippen LogP contribution is -2.05. The highest BCUT2D eigenvalue weighted by Crippen LogP contribution is 2.06. The third-order valence-corrected chi connectivity index (χ3v) is 2.27. The summed E-state index contributed by atoms with van der Waals surface area (Å²) in [5.74, 6) is -1.06. The Morgan fingerprint density at radius 2 is 2.06 bits per heavy atom. The van der Waals surface area contributed by atoms with Gasteiger partial charge in [0.1, 0.15) is 0 Å². The number of rotatable bonds is 3. The summed E-state index contributed by atoms with van der Waals surface area (Å²) >= 11 is 0. The maximum absolute atomic E-state index is 10.8. The molecule has 17 heavy (non-hydrogen) atoms. The molecule has 2 aromatic rings. The Balaban J connectivity index is 0.00000144. The van der Waals surface area contributed by atoms with Gasteiger partial charge < -0.3 is 5.11 Å². The molecule has 2 rings (SSSR count). The largest absolute Gasteiger partial charge is 0.476 e. The first kappa shape index (κ1) is 13.1. The van der Waals surface area contributed by atoms with Crippen LogP contribution in [0.5, 0.6) is 0 Å². The maximum Gasteiger partial charge on any atom is 0.358 e. The Morgan fingerprint density at radius 1 is 1.41 bits per heavy atom. The van der Waals surface area contributed by atoms with Gasteiger partial charge >= 0.3 is 5.97 Å². The third kappa shape index (κ3) is 2.79. The van der Waals surface area contributed by atoms with Crippen molar-refractivity contribution in [3.63, 3.8) is 0 Å². The zero-order valence-electron chi connectivity index (χ0n) is 9.07. The fourth-order valence-corrected chi connectivity index (χ4v) is 1.37. The fraction of sp³-hybridized carbons (Fsp3) is 0.200. The van der Waals surface area contributed by atoms with Gasteiger partial charge in [-0.3, -0.25) is 4.98 Å². The molecule has 0 aliphatic rings. The molecule has 0 aliphatic heterocycles. The Kier molecular flexibility index (Phi) is 4.17. The first-order valence-electron chi connectivity index (χ1n) is 4.71. The zero-order valence-corrected chi connectivity index (χ0v) is 9.89. The molecule has 7 heteroatoms. The van der Waals surface area contributed by atoms with E-state index in [2.05, 4.69) is 15.3 Å². The van der Waals surface area contributed by atoms with Gasteiger partial charge in [0, 0.05) is 12.4 Å². The number of hydrogen-bond acceptors (Lipinski definition) is 4. The summed E-state index contributed by atoms with van der Waals surface area (Å²) in [6.45, 7) is 2.18. The van der Waals surface area contributed by atoms with Crippen molar-refractivity contribution in [1.29, 1.82) is 0 Å². The van der Waals surface area contributed by atoms with Crippen molar-refractivity contribution in [2.75, 3.05) is 0 Å². The third-order valence-electron chi connectivity index (χ3n) is 2.27. The molecule has 6 nitrogen and oxygen atoms in total. The average molecular weight is 255 g/mol. The van der Waals surface area contributed by atoms with Crippen LogP contribution >= 0.6 is 12.4 Å². The van der Waals surface area contributed by atoms with Crippen molar-refractivity contribution in [3.8, 4) is 0 Å². The number of hydrogen-bond donors (Lipinski definition) is 1. The van der Waals surface area contributed by atoms with Crippen LogP contribution < -0.4 is 0 Å². The van der Waals surface area contributed by atoms with Crippen LogP contribution in [0.4, 0.5) is 0 Å². The molecule has 0 saturated heterocycles. The summed E-state index contributed by atoms with van der Waals surface area (Å²) in [6, 6.07) is 3.70. The molecular formula is C10H11ClN4O2. The minimum Gasteiger partial charge on any atom is -0.476 e. The molecule has 2 aromatic heterocycles. The van der Waals surface area contributed by atoms with Crippen molar-refractivity contribution >= 4 is 18.4 Å². The molecule has 0 unspecified atom stereocenters. The van der Waals surface area contributed by atoms with E-state index in [-0.39, 0.29) is 18.1 Å². The fourth-order valence-electron chi connectivity index (χ4n) is 1.37. The molecule has 2 heterocycles. The van der Waals surface area contributed by atoms with Crippen molar-refractivity contribution < 1.29 is 9.90 Å². The van der Waals surface area contributed by atoms with Gasteiger partial charge in [-0.15, -0.1) is 17.5 Å². The van der Waals surface area contributed by atoms with Crippen molar-refractivity contribution in [1.82, 2.24) is 20.0 Å². The van der Waals surface area contributed by atoms with Gasteiger partial charge in [0.05, 0.1) is 12.2 Å². The summed E-state index contributed by atoms with van der Waals surface area (Å²) in [5.41, 5.74) is 1.54. The molecule has 0 atom stereocenters. The second-order valence-electron chi connectivity index (χ2n) is 3.34. The van der Waals surface area contributed by atoms with E-state index < -0.39 is 5.97 Å². The predicted molar refractivity (Wildman–Crippen MR) is 62.3 cm³/mol. The summed E-state index contributed by atoms with van der Waals surface area (Å²) in [5, 5.41) is 16.2. The van der Waals surface area contributed by atoms with Gasteiger partial charge in [-0.1, -0.05) is 5.21 Å². The molecular weight excluding hydrogens is 244 g/mol. The van der Waals surface area contributed by atoms with Gasteiger partial charge in [0.2, 0.25) is 0 Å². The lowest BCUT2D eigenvalue weighted by molar-refractivity contribution is 0.0689. The van der Waals surface area contributed by atoms with Gasteiger partial charge in [-0.05, 0) is 24.6 Å². The first-order valence-corrected chi connectivity index (χ1v) is 4.71. The lowest BCUT2D eigenvalue weighted by Gasteiger charge is -2.02. The molecule has 0 radical (unpaired) electrons. The van der Waals surface area contributed by atoms with E-state index in [4.69, 9.17) is 5.11 Å². The van der Waals surface area contributed by atoms with Crippen LogP contribution in [0, 0.1) is 6.92 Å². The lowest BCUT2D eigenvalue weighted by atomic mass is 10.2. The van der Waals surface area contributed by atoms with Crippen LogP contribution in [-0.2, 0) is 6.54 Å². The van der Waals surface area contributed by atoms with E-state index >= 15 is 0 Å². The van der Waals surface area contributed by atoms with E-state index in [1.807, 2.05) is 12.1 Å². The minimum atomic E-state index is -1.06. The highest BCUT2D eigenvalue weighted by Gasteiger charge is 2.14. The molecule has 0 amide bonds. The first-order chi connectivity index (χ1) is 7.68. The molecule has 90 valence electrons. The van der Waals surface area contributed by atoms with Crippen LogP contribution in [0.25, 0.3) is 0 Å². The second-order valence-corrected chi connectivity index (χ2v) is 3.34. The van der Waals surface area contributed by atoms with Crippen LogP contribution in [-0.4, -0.2) is 31.1 Å².